The molecule has 1 heterocycles. The number of halogens is 1. The Morgan fingerprint density at radius 2 is 2.16 bits per heavy atom. The summed E-state index contributed by atoms with van der Waals surface area (Å²) in [5.41, 5.74) is 1.07. The fraction of sp³-hybridized carbons (Fsp3) is 0.154. The van der Waals surface area contributed by atoms with Gasteiger partial charge in [0.2, 0.25) is 0 Å². The molecule has 0 amide bonds. The minimum Gasteiger partial charge on any atom is -0.478 e. The molecular weight excluding hydrogens is 251 g/mol. The SMILES string of the molecule is Cc1cc(Cc2ccc(F)c(C(=O)O)c2)n[nH]c1=O. The van der Waals surface area contributed by atoms with Crippen LogP contribution in [0.25, 0.3) is 0 Å². The highest BCUT2D eigenvalue weighted by molar-refractivity contribution is 5.88. The van der Waals surface area contributed by atoms with Gasteiger partial charge in [0.15, 0.2) is 0 Å². The van der Waals surface area contributed by atoms with Crippen molar-refractivity contribution in [3.05, 3.63) is 62.8 Å². The smallest absolute Gasteiger partial charge is 0.338 e. The Balaban J connectivity index is 2.33. The van der Waals surface area contributed by atoms with Gasteiger partial charge in [0.25, 0.3) is 5.56 Å². The average molecular weight is 262 g/mol. The lowest BCUT2D eigenvalue weighted by Crippen LogP contribution is -2.13. The van der Waals surface area contributed by atoms with Crippen LogP contribution in [0, 0.1) is 12.7 Å². The van der Waals surface area contributed by atoms with Crippen LogP contribution in [0.1, 0.15) is 27.2 Å². The first-order valence-corrected chi connectivity index (χ1v) is 5.54. The predicted molar refractivity (Wildman–Crippen MR) is 65.8 cm³/mol. The van der Waals surface area contributed by atoms with Crippen LogP contribution >= 0.6 is 0 Å². The molecule has 5 nitrogen and oxygen atoms in total. The number of rotatable bonds is 3. The molecule has 2 aromatic rings. The summed E-state index contributed by atoms with van der Waals surface area (Å²) >= 11 is 0. The summed E-state index contributed by atoms with van der Waals surface area (Å²) in [4.78, 5) is 22.0. The number of benzene rings is 1. The Bertz CT molecular complexity index is 695. The topological polar surface area (TPSA) is 83.0 Å². The molecular formula is C13H11FN2O3. The van der Waals surface area contributed by atoms with E-state index in [0.717, 1.165) is 6.07 Å². The van der Waals surface area contributed by atoms with Crippen molar-refractivity contribution in [1.82, 2.24) is 10.2 Å². The summed E-state index contributed by atoms with van der Waals surface area (Å²) < 4.78 is 13.2. The maximum Gasteiger partial charge on any atom is 0.338 e. The van der Waals surface area contributed by atoms with E-state index in [1.807, 2.05) is 0 Å². The summed E-state index contributed by atoms with van der Waals surface area (Å²) in [6.45, 7) is 1.65. The Morgan fingerprint density at radius 1 is 1.42 bits per heavy atom. The second-order valence-electron chi connectivity index (χ2n) is 4.17. The van der Waals surface area contributed by atoms with Gasteiger partial charge in [-0.25, -0.2) is 14.3 Å². The van der Waals surface area contributed by atoms with Gasteiger partial charge in [0, 0.05) is 12.0 Å². The molecule has 0 saturated heterocycles. The number of aromatic nitrogens is 2. The molecule has 98 valence electrons. The van der Waals surface area contributed by atoms with E-state index in [0.29, 0.717) is 23.2 Å². The number of carbonyl (C=O) groups is 1. The third-order valence-electron chi connectivity index (χ3n) is 2.69. The second kappa shape index (κ2) is 5.01. The highest BCUT2D eigenvalue weighted by Crippen LogP contribution is 2.13. The third kappa shape index (κ3) is 2.85. The zero-order valence-electron chi connectivity index (χ0n) is 10.1. The summed E-state index contributed by atoms with van der Waals surface area (Å²) in [5, 5.41) is 15.0. The molecule has 1 aromatic heterocycles. The zero-order chi connectivity index (χ0) is 14.0. The van der Waals surface area contributed by atoms with Gasteiger partial charge in [-0.3, -0.25) is 4.79 Å². The van der Waals surface area contributed by atoms with E-state index in [2.05, 4.69) is 10.2 Å². The first-order valence-electron chi connectivity index (χ1n) is 5.54. The molecule has 2 rings (SSSR count). The highest BCUT2D eigenvalue weighted by Gasteiger charge is 2.11. The Morgan fingerprint density at radius 3 is 2.79 bits per heavy atom. The Kier molecular flexibility index (Phi) is 3.41. The molecule has 0 fully saturated rings. The molecule has 0 spiro atoms. The molecule has 6 heteroatoms. The van der Waals surface area contributed by atoms with E-state index in [4.69, 9.17) is 5.11 Å². The molecule has 0 saturated carbocycles. The molecule has 2 N–H and O–H groups in total. The number of nitrogens with zero attached hydrogens (tertiary/aromatic N) is 1. The third-order valence-corrected chi connectivity index (χ3v) is 2.69. The molecule has 0 aliphatic rings. The number of carboxylic acid groups (broad SMARTS) is 1. The van der Waals surface area contributed by atoms with Crippen LogP contribution in [0.5, 0.6) is 0 Å². The van der Waals surface area contributed by atoms with Crippen LogP contribution in [0.3, 0.4) is 0 Å². The molecule has 0 bridgehead atoms. The standard InChI is InChI=1S/C13H11FN2O3/c1-7-4-9(15-16-12(7)17)5-8-2-3-11(14)10(6-8)13(18)19/h2-4,6H,5H2,1H3,(H,16,17)(H,18,19). The summed E-state index contributed by atoms with van der Waals surface area (Å²) in [5.74, 6) is -2.09. The minimum absolute atomic E-state index is 0.269. The van der Waals surface area contributed by atoms with E-state index in [-0.39, 0.29) is 11.1 Å². The predicted octanol–water partition coefficient (Wildman–Crippen LogP) is 1.51. The summed E-state index contributed by atoms with van der Waals surface area (Å²) in [6.07, 6.45) is 0.318. The quantitative estimate of drug-likeness (QED) is 0.878. The van der Waals surface area contributed by atoms with Crippen molar-refractivity contribution in [3.63, 3.8) is 0 Å². The first kappa shape index (κ1) is 12.9. The molecule has 0 radical (unpaired) electrons. The normalized spacial score (nSPS) is 10.4. The van der Waals surface area contributed by atoms with E-state index in [9.17, 15) is 14.0 Å². The Labute approximate surface area is 107 Å². The van der Waals surface area contributed by atoms with Crippen molar-refractivity contribution in [2.45, 2.75) is 13.3 Å². The van der Waals surface area contributed by atoms with Crippen LogP contribution in [0.4, 0.5) is 4.39 Å². The number of aryl methyl sites for hydroxylation is 1. The minimum atomic E-state index is -1.31. The van der Waals surface area contributed by atoms with Gasteiger partial charge >= 0.3 is 5.97 Å². The second-order valence-corrected chi connectivity index (χ2v) is 4.17. The molecule has 1 aromatic carbocycles. The largest absolute Gasteiger partial charge is 0.478 e. The van der Waals surface area contributed by atoms with Crippen LogP contribution < -0.4 is 5.56 Å². The van der Waals surface area contributed by atoms with Gasteiger partial charge in [-0.2, -0.15) is 5.10 Å². The van der Waals surface area contributed by atoms with Gasteiger partial charge in [-0.05, 0) is 30.7 Å². The molecule has 0 aliphatic carbocycles. The molecule has 0 atom stereocenters. The fourth-order valence-corrected chi connectivity index (χ4v) is 1.70. The first-order chi connectivity index (χ1) is 8.97. The number of hydrogen-bond donors (Lipinski definition) is 2. The maximum atomic E-state index is 13.2. The lowest BCUT2D eigenvalue weighted by Gasteiger charge is -2.04. The monoisotopic (exact) mass is 262 g/mol. The molecule has 19 heavy (non-hydrogen) atoms. The summed E-state index contributed by atoms with van der Waals surface area (Å²) in [7, 11) is 0. The van der Waals surface area contributed by atoms with Gasteiger partial charge in [0.05, 0.1) is 11.3 Å². The van der Waals surface area contributed by atoms with Crippen LogP contribution in [-0.4, -0.2) is 21.3 Å². The molecule has 0 aliphatic heterocycles. The average Bonchev–Trinajstić information content (AvgIpc) is 2.36. The van der Waals surface area contributed by atoms with Gasteiger partial charge in [-0.15, -0.1) is 0 Å². The maximum absolute atomic E-state index is 13.2. The Hall–Kier alpha value is -2.50. The van der Waals surface area contributed by atoms with Crippen LogP contribution in [0.15, 0.2) is 29.1 Å². The van der Waals surface area contributed by atoms with Gasteiger partial charge in [0.1, 0.15) is 5.82 Å². The van der Waals surface area contributed by atoms with Crippen LogP contribution in [0.2, 0.25) is 0 Å². The van der Waals surface area contributed by atoms with E-state index in [1.165, 1.54) is 12.1 Å². The van der Waals surface area contributed by atoms with Gasteiger partial charge < -0.3 is 5.11 Å². The fourth-order valence-electron chi connectivity index (χ4n) is 1.70. The van der Waals surface area contributed by atoms with Crippen molar-refractivity contribution in [2.24, 2.45) is 0 Å². The van der Waals surface area contributed by atoms with Crippen molar-refractivity contribution < 1.29 is 14.3 Å². The number of H-pyrrole nitrogens is 1. The number of nitrogens with one attached hydrogen (secondary N) is 1. The van der Waals surface area contributed by atoms with E-state index < -0.39 is 11.8 Å². The lowest BCUT2D eigenvalue weighted by molar-refractivity contribution is 0.0691. The number of aromatic carboxylic acids is 1. The number of carboxylic acids is 1. The van der Waals surface area contributed by atoms with Crippen molar-refractivity contribution >= 4 is 5.97 Å². The summed E-state index contributed by atoms with van der Waals surface area (Å²) in [6, 6.07) is 5.48. The number of hydrogen-bond acceptors (Lipinski definition) is 3. The zero-order valence-corrected chi connectivity index (χ0v) is 10.1. The van der Waals surface area contributed by atoms with E-state index in [1.54, 1.807) is 13.0 Å². The highest BCUT2D eigenvalue weighted by atomic mass is 19.1. The van der Waals surface area contributed by atoms with Crippen molar-refractivity contribution in [3.8, 4) is 0 Å². The van der Waals surface area contributed by atoms with Gasteiger partial charge in [-0.1, -0.05) is 6.07 Å². The van der Waals surface area contributed by atoms with Crippen molar-refractivity contribution in [1.29, 1.82) is 0 Å². The number of aromatic amines is 1. The lowest BCUT2D eigenvalue weighted by atomic mass is 10.1. The van der Waals surface area contributed by atoms with Crippen LogP contribution in [-0.2, 0) is 6.42 Å². The molecule has 0 unspecified atom stereocenters. The van der Waals surface area contributed by atoms with Crippen molar-refractivity contribution in [2.75, 3.05) is 0 Å². The van der Waals surface area contributed by atoms with E-state index >= 15 is 0 Å².